The third-order valence-electron chi connectivity index (χ3n) is 7.13. The highest BCUT2D eigenvalue weighted by Gasteiger charge is 2.20. The van der Waals surface area contributed by atoms with Crippen molar-refractivity contribution in [3.05, 3.63) is 59.3 Å². The molecule has 1 heterocycles. The summed E-state index contributed by atoms with van der Waals surface area (Å²) in [5.41, 5.74) is 4.40. The molecule has 0 aliphatic heterocycles. The molecule has 1 aromatic heterocycles. The Balaban J connectivity index is 1.61. The second-order valence-electron chi connectivity index (χ2n) is 9.77. The summed E-state index contributed by atoms with van der Waals surface area (Å²) in [4.78, 5) is 24.5. The largest absolute Gasteiger partial charge is 0.496 e. The van der Waals surface area contributed by atoms with Gasteiger partial charge in [0.2, 0.25) is 0 Å². The molecule has 7 nitrogen and oxygen atoms in total. The summed E-state index contributed by atoms with van der Waals surface area (Å²) in [6.07, 6.45) is 11.3. The number of nitrogens with zero attached hydrogens (tertiary/aromatic N) is 1. The lowest BCUT2D eigenvalue weighted by Gasteiger charge is -2.13. The maximum Gasteiger partial charge on any atom is 0.411 e. The van der Waals surface area contributed by atoms with Crippen molar-refractivity contribution < 1.29 is 23.8 Å². The Bertz CT molecular complexity index is 1230. The van der Waals surface area contributed by atoms with Crippen LogP contribution in [0.25, 0.3) is 10.9 Å². The number of ether oxygens (including phenoxy) is 3. The lowest BCUT2D eigenvalue weighted by atomic mass is 10.0. The Labute approximate surface area is 219 Å². The van der Waals surface area contributed by atoms with Gasteiger partial charge in [0, 0.05) is 35.8 Å². The summed E-state index contributed by atoms with van der Waals surface area (Å²) in [5.74, 6) is 0.245. The maximum absolute atomic E-state index is 12.5. The van der Waals surface area contributed by atoms with E-state index in [1.807, 2.05) is 18.2 Å². The molecule has 1 aliphatic rings. The van der Waals surface area contributed by atoms with Gasteiger partial charge in [-0.05, 0) is 73.6 Å². The average Bonchev–Trinajstić information content (AvgIpc) is 3.54. The van der Waals surface area contributed by atoms with Crippen molar-refractivity contribution in [1.29, 1.82) is 0 Å². The van der Waals surface area contributed by atoms with Gasteiger partial charge in [0.25, 0.3) is 0 Å². The number of rotatable bonds is 11. The van der Waals surface area contributed by atoms with Gasteiger partial charge in [-0.25, -0.2) is 9.59 Å². The normalized spacial score (nSPS) is 13.6. The zero-order valence-corrected chi connectivity index (χ0v) is 22.2. The predicted molar refractivity (Wildman–Crippen MR) is 146 cm³/mol. The molecule has 4 rings (SSSR count). The van der Waals surface area contributed by atoms with E-state index in [1.165, 1.54) is 26.4 Å². The molecular weight excluding hydrogens is 468 g/mol. The zero-order chi connectivity index (χ0) is 26.2. The van der Waals surface area contributed by atoms with Crippen molar-refractivity contribution in [2.45, 2.75) is 77.4 Å². The Morgan fingerprint density at radius 2 is 1.81 bits per heavy atom. The first-order chi connectivity index (χ1) is 18.0. The molecular formula is C30H38N2O5. The van der Waals surface area contributed by atoms with E-state index < -0.39 is 12.1 Å². The van der Waals surface area contributed by atoms with E-state index in [0.717, 1.165) is 60.7 Å². The highest BCUT2D eigenvalue weighted by Crippen LogP contribution is 2.31. The molecule has 0 atom stereocenters. The number of esters is 1. The van der Waals surface area contributed by atoms with E-state index in [2.05, 4.69) is 29.1 Å². The number of aromatic nitrogens is 1. The maximum atomic E-state index is 12.5. The fourth-order valence-electron chi connectivity index (χ4n) is 5.13. The first-order valence-electron chi connectivity index (χ1n) is 13.4. The number of amides is 1. The lowest BCUT2D eigenvalue weighted by molar-refractivity contribution is 0.0600. The van der Waals surface area contributed by atoms with E-state index in [9.17, 15) is 9.59 Å². The fourth-order valence-corrected chi connectivity index (χ4v) is 5.13. The number of nitrogens with one attached hydrogen (secondary N) is 1. The van der Waals surface area contributed by atoms with Crippen molar-refractivity contribution in [2.75, 3.05) is 19.5 Å². The molecule has 1 amide bonds. The molecule has 0 saturated heterocycles. The van der Waals surface area contributed by atoms with Gasteiger partial charge in [-0.2, -0.15) is 0 Å². The first-order valence-corrected chi connectivity index (χ1v) is 13.4. The number of hydrogen-bond acceptors (Lipinski definition) is 5. The van der Waals surface area contributed by atoms with Crippen LogP contribution in [0.3, 0.4) is 0 Å². The number of hydrogen-bond donors (Lipinski definition) is 1. The van der Waals surface area contributed by atoms with Crippen molar-refractivity contribution >= 4 is 28.7 Å². The van der Waals surface area contributed by atoms with E-state index in [1.54, 1.807) is 19.2 Å². The van der Waals surface area contributed by atoms with E-state index in [0.29, 0.717) is 23.4 Å². The third kappa shape index (κ3) is 6.64. The molecule has 0 unspecified atom stereocenters. The van der Waals surface area contributed by atoms with Crippen molar-refractivity contribution in [3.63, 3.8) is 0 Å². The molecule has 37 heavy (non-hydrogen) atoms. The number of fused-ring (bicyclic) bond motifs is 1. The van der Waals surface area contributed by atoms with Gasteiger partial charge in [-0.15, -0.1) is 0 Å². The summed E-state index contributed by atoms with van der Waals surface area (Å²) in [7, 11) is 2.97. The summed E-state index contributed by atoms with van der Waals surface area (Å²) in [6.45, 7) is 3.15. The summed E-state index contributed by atoms with van der Waals surface area (Å²) < 4.78 is 18.4. The molecule has 1 saturated carbocycles. The van der Waals surface area contributed by atoms with Crippen molar-refractivity contribution in [1.82, 2.24) is 4.57 Å². The van der Waals surface area contributed by atoms with Crippen LogP contribution in [-0.2, 0) is 22.4 Å². The van der Waals surface area contributed by atoms with E-state index in [-0.39, 0.29) is 6.10 Å². The van der Waals surface area contributed by atoms with Gasteiger partial charge in [0.15, 0.2) is 0 Å². The SMILES string of the molecule is CCCCCCn1cc(Cc2ccc(C(=O)OC)cc2OC)c2cc(NC(=O)OC3CCCC3)ccc21. The van der Waals surface area contributed by atoms with Crippen LogP contribution in [0.5, 0.6) is 5.75 Å². The number of carbonyl (C=O) groups is 2. The molecule has 7 heteroatoms. The van der Waals surface area contributed by atoms with Gasteiger partial charge in [-0.1, -0.05) is 32.3 Å². The monoisotopic (exact) mass is 506 g/mol. The number of aryl methyl sites for hydroxylation is 1. The molecule has 198 valence electrons. The minimum atomic E-state index is -0.396. The lowest BCUT2D eigenvalue weighted by Crippen LogP contribution is -2.20. The Hall–Kier alpha value is -3.48. The van der Waals surface area contributed by atoms with Crippen molar-refractivity contribution in [2.24, 2.45) is 0 Å². The van der Waals surface area contributed by atoms with Crippen LogP contribution in [0.2, 0.25) is 0 Å². The summed E-state index contributed by atoms with van der Waals surface area (Å²) in [6, 6.07) is 11.4. The van der Waals surface area contributed by atoms with Crippen LogP contribution in [0.4, 0.5) is 10.5 Å². The molecule has 0 spiro atoms. The number of unbranched alkanes of at least 4 members (excludes halogenated alkanes) is 3. The second kappa shape index (κ2) is 12.7. The minimum Gasteiger partial charge on any atom is -0.496 e. The van der Waals surface area contributed by atoms with Gasteiger partial charge in [0.05, 0.1) is 19.8 Å². The van der Waals surface area contributed by atoms with Gasteiger partial charge >= 0.3 is 12.1 Å². The van der Waals surface area contributed by atoms with E-state index >= 15 is 0 Å². The fraction of sp³-hybridized carbons (Fsp3) is 0.467. The van der Waals surface area contributed by atoms with Crippen molar-refractivity contribution in [3.8, 4) is 5.75 Å². The summed E-state index contributed by atoms with van der Waals surface area (Å²) >= 11 is 0. The Kier molecular flexibility index (Phi) is 9.09. The molecule has 0 bridgehead atoms. The van der Waals surface area contributed by atoms with Gasteiger partial charge in [0.1, 0.15) is 11.9 Å². The Morgan fingerprint density at radius 3 is 2.54 bits per heavy atom. The first kappa shape index (κ1) is 26.6. The topological polar surface area (TPSA) is 78.8 Å². The molecule has 1 aliphatic carbocycles. The van der Waals surface area contributed by atoms with Crippen LogP contribution >= 0.6 is 0 Å². The molecule has 3 aromatic rings. The average molecular weight is 507 g/mol. The standard InChI is InChI=1S/C30H38N2O5/c1-4-5-6-9-16-32-20-23(17-21-12-13-22(29(33)36-3)18-28(21)35-2)26-19-24(14-15-27(26)32)31-30(34)37-25-10-7-8-11-25/h12-15,18-20,25H,4-11,16-17H2,1-3H3,(H,31,34). The van der Waals surface area contributed by atoms with Crippen LogP contribution in [0.15, 0.2) is 42.6 Å². The quantitative estimate of drug-likeness (QED) is 0.222. The van der Waals surface area contributed by atoms with Crippen LogP contribution in [0.1, 0.15) is 79.8 Å². The highest BCUT2D eigenvalue weighted by atomic mass is 16.6. The van der Waals surface area contributed by atoms with Crippen LogP contribution < -0.4 is 10.1 Å². The Morgan fingerprint density at radius 1 is 1.00 bits per heavy atom. The molecule has 0 radical (unpaired) electrons. The minimum absolute atomic E-state index is 0.0175. The zero-order valence-electron chi connectivity index (χ0n) is 22.2. The molecule has 2 aromatic carbocycles. The number of anilines is 1. The van der Waals surface area contributed by atoms with Gasteiger partial charge in [-0.3, -0.25) is 5.32 Å². The van der Waals surface area contributed by atoms with Crippen LogP contribution in [0, 0.1) is 0 Å². The highest BCUT2D eigenvalue weighted by molar-refractivity contribution is 5.92. The van der Waals surface area contributed by atoms with E-state index in [4.69, 9.17) is 14.2 Å². The smallest absolute Gasteiger partial charge is 0.411 e. The molecule has 1 fully saturated rings. The second-order valence-corrected chi connectivity index (χ2v) is 9.77. The number of carbonyl (C=O) groups excluding carboxylic acids is 2. The molecule has 1 N–H and O–H groups in total. The number of benzene rings is 2. The van der Waals surface area contributed by atoms with Crippen LogP contribution in [-0.4, -0.2) is 37.0 Å². The summed E-state index contributed by atoms with van der Waals surface area (Å²) in [5, 5.41) is 4.00. The third-order valence-corrected chi connectivity index (χ3v) is 7.13. The van der Waals surface area contributed by atoms with Gasteiger partial charge < -0.3 is 18.8 Å². The predicted octanol–water partition coefficient (Wildman–Crippen LogP) is 7.10. The number of methoxy groups -OCH3 is 2.